The fourth-order valence-electron chi connectivity index (χ4n) is 12.7. The van der Waals surface area contributed by atoms with Gasteiger partial charge in [0.25, 0.3) is 44.5 Å². The Morgan fingerprint density at radius 2 is 0.326 bits per heavy atom. The number of fused-ring (bicyclic) bond motifs is 8. The molecule has 0 unspecified atom stereocenters. The van der Waals surface area contributed by atoms with Crippen molar-refractivity contribution in [3.8, 4) is 22.7 Å². The van der Waals surface area contributed by atoms with Crippen LogP contribution in [0.5, 0.6) is 0 Å². The Balaban J connectivity index is 0.932. The van der Waals surface area contributed by atoms with Gasteiger partial charge >= 0.3 is 45.0 Å². The van der Waals surface area contributed by atoms with E-state index >= 15 is 0 Å². The van der Waals surface area contributed by atoms with E-state index in [-0.39, 0.29) is 109 Å². The summed E-state index contributed by atoms with van der Waals surface area (Å²) in [5, 5.41) is -3.17. The van der Waals surface area contributed by atoms with Gasteiger partial charge in [-0.15, -0.1) is 0 Å². The van der Waals surface area contributed by atoms with Crippen LogP contribution in [0.4, 0.5) is 0 Å². The number of hydrogen-bond acceptors (Lipinski definition) is 20. The second-order valence-corrected chi connectivity index (χ2v) is 21.2. The number of furan rings is 4. The molecule has 0 aliphatic rings. The summed E-state index contributed by atoms with van der Waals surface area (Å²) < 4.78 is 22.1. The molecule has 0 atom stereocenters. The molecule has 0 aliphatic carbocycles. The minimum atomic E-state index is -1.71. The maximum absolute atomic E-state index is 14.2. The van der Waals surface area contributed by atoms with Crippen molar-refractivity contribution < 1.29 is 17.7 Å². The highest BCUT2D eigenvalue weighted by molar-refractivity contribution is 6.01. The molecule has 8 heterocycles. The zero-order valence-corrected chi connectivity index (χ0v) is 44.3. The summed E-state index contributed by atoms with van der Waals surface area (Å²) in [5.41, 5.74) is -15.2. The topological polar surface area (TPSA) is 345 Å². The van der Waals surface area contributed by atoms with Gasteiger partial charge in [-0.1, -0.05) is 48.5 Å². The third-order valence-corrected chi connectivity index (χ3v) is 16.8. The molecule has 89 heavy (non-hydrogen) atoms. The van der Waals surface area contributed by atoms with Gasteiger partial charge in [0.2, 0.25) is 0 Å². The van der Waals surface area contributed by atoms with Crippen LogP contribution in [-0.2, 0) is 5.41 Å². The molecule has 8 aromatic heterocycles. The molecule has 0 saturated carbocycles. The predicted octanol–water partition coefficient (Wildman–Crippen LogP) is 2.10. The standard InChI is InChI=1S/C65H24N4O20/c70-49-33-17-41-42(58(79)86-57(41)78)18-34(33)50(71)66(49)29-9-1-25(2-10-29)65(26-3-11-30(12-4-26)67-51(72)35-19-43-44(20-36(35)52(67)73)60(81)87-59(43)80,27-5-13-31(14-6-27)68-53(74)37-21-45-46(22-38(37)54(68)75)62(83)88-61(45)82)28-7-15-32(16-8-28)69-55(76)39-23-47-48(24-40(39)56(69)77)64(85)89-63(47)84/h1-24H. The van der Waals surface area contributed by atoms with Crippen molar-refractivity contribution in [2.45, 2.75) is 5.41 Å². The molecule has 0 amide bonds. The van der Waals surface area contributed by atoms with Crippen molar-refractivity contribution in [3.63, 3.8) is 0 Å². The third-order valence-electron chi connectivity index (χ3n) is 16.8. The number of nitrogens with zero attached hydrogens (tertiary/aromatic N) is 4. The van der Waals surface area contributed by atoms with Gasteiger partial charge in [-0.2, -0.15) is 0 Å². The van der Waals surface area contributed by atoms with Gasteiger partial charge in [0, 0.05) is 0 Å². The lowest BCUT2D eigenvalue weighted by molar-refractivity contribution is 0.499. The van der Waals surface area contributed by atoms with Gasteiger partial charge in [-0.3, -0.25) is 38.4 Å². The Morgan fingerprint density at radius 3 is 0.461 bits per heavy atom. The maximum atomic E-state index is 14.2. The summed E-state index contributed by atoms with van der Waals surface area (Å²) in [6.45, 7) is 0. The second kappa shape index (κ2) is 17.5. The molecule has 0 N–H and O–H groups in total. The minimum Gasteiger partial charge on any atom is -0.386 e. The van der Waals surface area contributed by atoms with Crippen molar-refractivity contribution in [2.75, 3.05) is 0 Å². The summed E-state index contributed by atoms with van der Waals surface area (Å²) >= 11 is 0. The van der Waals surface area contributed by atoms with E-state index in [0.29, 0.717) is 22.3 Å². The number of rotatable bonds is 8. The first-order chi connectivity index (χ1) is 42.7. The number of aromatic nitrogens is 4. The molecule has 8 aromatic carbocycles. The van der Waals surface area contributed by atoms with Crippen LogP contribution in [0.25, 0.3) is 109 Å². The van der Waals surface area contributed by atoms with Crippen molar-refractivity contribution in [1.29, 1.82) is 0 Å². The molecule has 16 aromatic rings. The van der Waals surface area contributed by atoms with E-state index in [4.69, 9.17) is 0 Å². The molecule has 0 aliphatic heterocycles. The molecule has 24 nitrogen and oxygen atoms in total. The molecular formula is C65H24N4O20. The van der Waals surface area contributed by atoms with Crippen LogP contribution in [0, 0.1) is 0 Å². The van der Waals surface area contributed by atoms with Crippen LogP contribution < -0.4 is 89.5 Å². The molecular weight excluding hydrogens is 1160 g/mol. The first-order valence-electron chi connectivity index (χ1n) is 26.5. The van der Waals surface area contributed by atoms with Crippen LogP contribution >= 0.6 is 0 Å². The van der Waals surface area contributed by atoms with E-state index in [0.717, 1.165) is 66.8 Å². The molecule has 24 heteroatoms. The van der Waals surface area contributed by atoms with Gasteiger partial charge in [0.05, 0.1) is 114 Å². The van der Waals surface area contributed by atoms with Crippen LogP contribution in [-0.4, -0.2) is 18.3 Å². The van der Waals surface area contributed by atoms with Crippen LogP contribution in [0.15, 0.2) is 240 Å². The Labute approximate surface area is 482 Å². The maximum Gasteiger partial charge on any atom is 0.346 e. The average Bonchev–Trinajstić information content (AvgIpc) is 1.69. The molecule has 16 rings (SSSR count). The summed E-state index contributed by atoms with van der Waals surface area (Å²) in [6.07, 6.45) is 0. The lowest BCUT2D eigenvalue weighted by Crippen LogP contribution is -2.32. The van der Waals surface area contributed by atoms with Crippen molar-refractivity contribution in [1.82, 2.24) is 18.3 Å². The fraction of sp³-hybridized carbons (Fsp3) is 0.0154. The molecule has 0 fully saturated rings. The van der Waals surface area contributed by atoms with Gasteiger partial charge < -0.3 is 17.7 Å². The van der Waals surface area contributed by atoms with Gasteiger partial charge in [-0.05, 0) is 119 Å². The lowest BCUT2D eigenvalue weighted by atomic mass is 9.65. The highest BCUT2D eigenvalue weighted by Gasteiger charge is 2.39. The molecule has 424 valence electrons. The normalized spacial score (nSPS) is 12.3. The zero-order valence-electron chi connectivity index (χ0n) is 44.3. The summed E-state index contributed by atoms with van der Waals surface area (Å²) in [5.74, 6) is 0. The van der Waals surface area contributed by atoms with E-state index in [2.05, 4.69) is 17.7 Å². The van der Waals surface area contributed by atoms with Crippen molar-refractivity contribution in [2.24, 2.45) is 0 Å². The SMILES string of the molecule is O=c1oc(=O)c2cc3c(=O)n(-c4ccc(C(c5ccc(-n6c(=O)c7cc8c(=O)oc(=O)c8cc7c6=O)cc5)(c5ccc(-n6c(=O)c7cc8c(=O)oc(=O)c8cc7c6=O)cc5)c5ccc(-n6c(=O)c7cc8c(=O)oc(=O)c8cc7c6=O)cc5)cc4)c(=O)c3cc12. The Hall–Kier alpha value is -13.1. The van der Waals surface area contributed by atoms with Crippen molar-refractivity contribution in [3.05, 3.63) is 334 Å². The van der Waals surface area contributed by atoms with Gasteiger partial charge in [0.1, 0.15) is 0 Å². The monoisotopic (exact) mass is 1180 g/mol. The van der Waals surface area contributed by atoms with Crippen LogP contribution in [0.1, 0.15) is 22.3 Å². The Morgan fingerprint density at radius 1 is 0.191 bits per heavy atom. The van der Waals surface area contributed by atoms with E-state index in [1.165, 1.54) is 48.5 Å². The Bertz CT molecular complexity index is 5750. The quantitative estimate of drug-likeness (QED) is 0.197. The molecule has 0 radical (unpaired) electrons. The van der Waals surface area contributed by atoms with Crippen LogP contribution in [0.3, 0.4) is 0 Å². The van der Waals surface area contributed by atoms with E-state index in [9.17, 15) is 76.7 Å². The van der Waals surface area contributed by atoms with Gasteiger partial charge in [0.15, 0.2) is 0 Å². The minimum absolute atomic E-state index is 0.00801. The smallest absolute Gasteiger partial charge is 0.346 e. The first-order valence-corrected chi connectivity index (χ1v) is 26.5. The van der Waals surface area contributed by atoms with E-state index in [1.807, 2.05) is 0 Å². The van der Waals surface area contributed by atoms with E-state index in [1.54, 1.807) is 48.5 Å². The first kappa shape index (κ1) is 51.5. The second-order valence-electron chi connectivity index (χ2n) is 21.2. The average molecular weight is 1180 g/mol. The Kier molecular flexibility index (Phi) is 10.1. The molecule has 0 spiro atoms. The number of hydrogen-bond donors (Lipinski definition) is 0. The van der Waals surface area contributed by atoms with Crippen molar-refractivity contribution >= 4 is 86.2 Å². The largest absolute Gasteiger partial charge is 0.386 e. The summed E-state index contributed by atoms with van der Waals surface area (Å²) in [7, 11) is 0. The summed E-state index contributed by atoms with van der Waals surface area (Å²) in [6, 6.07) is 32.7. The summed E-state index contributed by atoms with van der Waals surface area (Å²) in [4.78, 5) is 214. The third kappa shape index (κ3) is 6.74. The predicted molar refractivity (Wildman–Crippen MR) is 321 cm³/mol. The van der Waals surface area contributed by atoms with Gasteiger partial charge in [-0.25, -0.2) is 56.6 Å². The molecule has 0 bridgehead atoms. The zero-order chi connectivity index (χ0) is 61.7. The highest BCUT2D eigenvalue weighted by Crippen LogP contribution is 2.46. The van der Waals surface area contributed by atoms with E-state index < -0.39 is 94.9 Å². The number of benzene rings is 8. The van der Waals surface area contributed by atoms with Crippen LogP contribution in [0.2, 0.25) is 0 Å². The molecule has 0 saturated heterocycles. The fourth-order valence-corrected chi connectivity index (χ4v) is 12.7. The lowest BCUT2D eigenvalue weighted by Gasteiger charge is -2.37. The highest BCUT2D eigenvalue weighted by atomic mass is 16.4.